The van der Waals surface area contributed by atoms with E-state index >= 15 is 0 Å². The fraction of sp³-hybridized carbons (Fsp3) is 0. The molecule has 80 valence electrons. The number of carboxylic acids is 2. The van der Waals surface area contributed by atoms with Gasteiger partial charge in [0.05, 0.1) is 11.1 Å². The van der Waals surface area contributed by atoms with E-state index in [-0.39, 0.29) is 79.3 Å². The summed E-state index contributed by atoms with van der Waals surface area (Å²) in [4.78, 5) is 20.8. The van der Waals surface area contributed by atoms with Gasteiger partial charge in [0.15, 0.2) is 0 Å². The van der Waals surface area contributed by atoms with Gasteiger partial charge in [-0.15, -0.1) is 0 Å². The van der Waals surface area contributed by atoms with E-state index in [0.29, 0.717) is 0 Å². The molecule has 0 spiro atoms. The average Bonchev–Trinajstić information content (AvgIpc) is 2.04. The first-order chi connectivity index (χ1) is 5.61. The van der Waals surface area contributed by atoms with Gasteiger partial charge in [-0.2, -0.15) is 9.90 Å². The van der Waals surface area contributed by atoms with Crippen molar-refractivity contribution in [2.45, 2.75) is 0 Å². The first kappa shape index (κ1) is 20.6. The smallest absolute Gasteiger partial charge is 1.00 e. The minimum atomic E-state index is -1.13. The number of hydrogen-bond donors (Lipinski definition) is 2. The van der Waals surface area contributed by atoms with Crippen LogP contribution in [0.3, 0.4) is 0 Å². The molecule has 1 atom stereocenters. The van der Waals surface area contributed by atoms with Crippen molar-refractivity contribution in [2.75, 3.05) is 0 Å². The third-order valence-corrected chi connectivity index (χ3v) is 1.36. The number of rotatable bonds is 2. The van der Waals surface area contributed by atoms with Crippen molar-refractivity contribution < 1.29 is 78.1 Å². The molecule has 1 unspecified atom stereocenters. The molecule has 1 rings (SSSR count). The van der Waals surface area contributed by atoms with E-state index in [2.05, 4.69) is 0 Å². The van der Waals surface area contributed by atoms with Crippen molar-refractivity contribution >= 4 is 21.8 Å². The molecular weight excluding hydrogens is 246 g/mol. The Kier molecular flexibility index (Phi) is 12.9. The van der Waals surface area contributed by atoms with E-state index in [0.717, 1.165) is 6.07 Å². The summed E-state index contributed by atoms with van der Waals surface area (Å²) in [5.41, 5.74) is -0.0372. The zero-order valence-electron chi connectivity index (χ0n) is 9.23. The summed E-state index contributed by atoms with van der Waals surface area (Å²) in [6.45, 7) is 0. The van der Waals surface area contributed by atoms with Gasteiger partial charge in [-0.05, 0) is 18.2 Å². The zero-order valence-corrected chi connectivity index (χ0v) is 12.8. The van der Waals surface area contributed by atoms with Gasteiger partial charge in [0, 0.05) is 0 Å². The molecule has 1 aromatic rings. The molecule has 0 heterocycles. The minimum absolute atomic E-state index is 0. The Balaban J connectivity index is -0.000000180. The molecule has 0 saturated heterocycles. The molecule has 0 aromatic heterocycles. The monoisotopic (exact) mass is 258 g/mol. The summed E-state index contributed by atoms with van der Waals surface area (Å²) in [7, 11) is 0. The van der Waals surface area contributed by atoms with Gasteiger partial charge in [0.1, 0.15) is 0 Å². The molecule has 0 saturated carbocycles. The quantitative estimate of drug-likeness (QED) is 0.449. The van der Waals surface area contributed by atoms with Crippen molar-refractivity contribution in [3.05, 3.63) is 35.4 Å². The molecule has 5 nitrogen and oxygen atoms in total. The third kappa shape index (κ3) is 6.37. The van der Waals surface area contributed by atoms with Crippen LogP contribution in [0.15, 0.2) is 24.3 Å². The van der Waals surface area contributed by atoms with E-state index in [4.69, 9.17) is 10.2 Å². The van der Waals surface area contributed by atoms with Crippen LogP contribution < -0.4 is 51.4 Å². The predicted molar refractivity (Wildman–Crippen MR) is 56.2 cm³/mol. The van der Waals surface area contributed by atoms with Crippen LogP contribution in [0.4, 0.5) is 0 Å². The van der Waals surface area contributed by atoms with Crippen molar-refractivity contribution in [3.63, 3.8) is 0 Å². The van der Waals surface area contributed by atoms with Gasteiger partial charge < -0.3 is 17.1 Å². The van der Waals surface area contributed by atoms with Crippen LogP contribution in [0.25, 0.3) is 0 Å². The standard InChI is InChI=1S/C8H6O4.K.H2O.H3P.H/c9-7(10)5-2-1-3-6(4-5)8(11)12;;;;/h1-4H,(H,9,10)(H,11,12);;1H2;1H3;/q;+1;;;-1. The molecule has 0 fully saturated rings. The van der Waals surface area contributed by atoms with Gasteiger partial charge in [-0.1, -0.05) is 6.07 Å². The second-order valence-corrected chi connectivity index (χ2v) is 2.19. The number of benzene rings is 1. The Morgan fingerprint density at radius 3 is 1.67 bits per heavy atom. The normalized spacial score (nSPS) is 7.47. The molecular formula is C8H12KO5P. The maximum absolute atomic E-state index is 10.4. The first-order valence-electron chi connectivity index (χ1n) is 3.18. The van der Waals surface area contributed by atoms with E-state index in [1.807, 2.05) is 0 Å². The summed E-state index contributed by atoms with van der Waals surface area (Å²) >= 11 is 0. The second kappa shape index (κ2) is 9.42. The molecule has 15 heavy (non-hydrogen) atoms. The molecule has 1 aromatic carbocycles. The topological polar surface area (TPSA) is 106 Å². The van der Waals surface area contributed by atoms with Gasteiger partial charge in [-0.3, -0.25) is 0 Å². The second-order valence-electron chi connectivity index (χ2n) is 2.19. The molecule has 0 aliphatic carbocycles. The van der Waals surface area contributed by atoms with Gasteiger partial charge in [0.2, 0.25) is 0 Å². The van der Waals surface area contributed by atoms with Crippen LogP contribution >= 0.6 is 9.90 Å². The summed E-state index contributed by atoms with van der Waals surface area (Å²) in [5, 5.41) is 17.0. The molecule has 0 aliphatic rings. The summed E-state index contributed by atoms with van der Waals surface area (Å²) in [6, 6.07) is 5.20. The van der Waals surface area contributed by atoms with Crippen LogP contribution in [-0.2, 0) is 0 Å². The van der Waals surface area contributed by atoms with Crippen LogP contribution in [0.2, 0.25) is 0 Å². The zero-order chi connectivity index (χ0) is 9.14. The molecule has 0 aliphatic heterocycles. The van der Waals surface area contributed by atoms with E-state index in [9.17, 15) is 9.59 Å². The van der Waals surface area contributed by atoms with Gasteiger partial charge >= 0.3 is 63.3 Å². The van der Waals surface area contributed by atoms with Gasteiger partial charge in [-0.25, -0.2) is 9.59 Å². The molecule has 0 radical (unpaired) electrons. The van der Waals surface area contributed by atoms with E-state index in [1.54, 1.807) is 0 Å². The van der Waals surface area contributed by atoms with Crippen LogP contribution in [0.1, 0.15) is 22.1 Å². The summed E-state index contributed by atoms with van der Waals surface area (Å²) < 4.78 is 0. The number of hydrogen-bond acceptors (Lipinski definition) is 2. The largest absolute Gasteiger partial charge is 1.00 e. The fourth-order valence-electron chi connectivity index (χ4n) is 0.785. The first-order valence-corrected chi connectivity index (χ1v) is 3.18. The Labute approximate surface area is 134 Å². The van der Waals surface area contributed by atoms with Crippen LogP contribution in [-0.4, -0.2) is 27.6 Å². The van der Waals surface area contributed by atoms with Crippen LogP contribution in [0.5, 0.6) is 0 Å². The Morgan fingerprint density at radius 2 is 1.40 bits per heavy atom. The summed E-state index contributed by atoms with van der Waals surface area (Å²) in [5.74, 6) is -2.25. The predicted octanol–water partition coefficient (Wildman–Crippen LogP) is -2.57. The number of carboxylic acid groups (broad SMARTS) is 2. The summed E-state index contributed by atoms with van der Waals surface area (Å²) in [6.07, 6.45) is 0. The molecule has 0 amide bonds. The maximum atomic E-state index is 10.4. The minimum Gasteiger partial charge on any atom is -1.00 e. The average molecular weight is 258 g/mol. The fourth-order valence-corrected chi connectivity index (χ4v) is 0.785. The Hall–Kier alpha value is 0.186. The molecule has 7 heteroatoms. The van der Waals surface area contributed by atoms with E-state index < -0.39 is 11.9 Å². The Bertz CT molecular complexity index is 318. The third-order valence-electron chi connectivity index (χ3n) is 1.36. The van der Waals surface area contributed by atoms with E-state index in [1.165, 1.54) is 18.2 Å². The van der Waals surface area contributed by atoms with Gasteiger partial charge in [0.25, 0.3) is 0 Å². The van der Waals surface area contributed by atoms with Crippen molar-refractivity contribution in [3.8, 4) is 0 Å². The number of carbonyl (C=O) groups is 2. The van der Waals surface area contributed by atoms with Crippen molar-refractivity contribution in [1.29, 1.82) is 0 Å². The molecule has 4 N–H and O–H groups in total. The van der Waals surface area contributed by atoms with Crippen molar-refractivity contribution in [2.24, 2.45) is 0 Å². The SMILES string of the molecule is O.O=C(O)c1cccc(C(=O)O)c1.P.[H-].[K+]. The van der Waals surface area contributed by atoms with Crippen LogP contribution in [0, 0.1) is 0 Å². The number of aromatic carboxylic acids is 2. The molecule has 0 bridgehead atoms. The van der Waals surface area contributed by atoms with Crippen molar-refractivity contribution in [1.82, 2.24) is 0 Å². The maximum Gasteiger partial charge on any atom is 1.00 e. The Morgan fingerprint density at radius 1 is 1.07 bits per heavy atom.